The zero-order valence-corrected chi connectivity index (χ0v) is 11.3. The molecule has 2 rings (SSSR count). The van der Waals surface area contributed by atoms with Crippen LogP contribution in [-0.4, -0.2) is 23.2 Å². The highest BCUT2D eigenvalue weighted by molar-refractivity contribution is 7.89. The number of aryl methyl sites for hydroxylation is 1. The number of sulfone groups is 1. The van der Waals surface area contributed by atoms with E-state index >= 15 is 0 Å². The van der Waals surface area contributed by atoms with Crippen molar-refractivity contribution in [2.75, 3.05) is 0 Å². The van der Waals surface area contributed by atoms with Crippen LogP contribution in [0.2, 0.25) is 5.02 Å². The third-order valence-corrected chi connectivity index (χ3v) is 4.14. The van der Waals surface area contributed by atoms with Crippen molar-refractivity contribution in [3.8, 4) is 0 Å². The van der Waals surface area contributed by atoms with Crippen LogP contribution in [0, 0.1) is 0 Å². The number of aromatic nitrogens is 3. The predicted octanol–water partition coefficient (Wildman–Crippen LogP) is 1.58. The van der Waals surface area contributed by atoms with Gasteiger partial charge in [0.05, 0.1) is 5.75 Å². The maximum atomic E-state index is 12.0. The fourth-order valence-electron chi connectivity index (χ4n) is 1.58. The van der Waals surface area contributed by atoms with Gasteiger partial charge in [-0.1, -0.05) is 23.7 Å². The van der Waals surface area contributed by atoms with Gasteiger partial charge >= 0.3 is 0 Å². The van der Waals surface area contributed by atoms with Gasteiger partial charge < -0.3 is 0 Å². The Labute approximate surface area is 110 Å². The molecule has 0 N–H and O–H groups in total. The first-order valence-electron chi connectivity index (χ1n) is 5.24. The van der Waals surface area contributed by atoms with Crippen LogP contribution in [0.3, 0.4) is 0 Å². The van der Waals surface area contributed by atoms with Crippen molar-refractivity contribution in [3.63, 3.8) is 0 Å². The molecule has 0 aliphatic rings. The second-order valence-electron chi connectivity index (χ2n) is 3.96. The monoisotopic (exact) mass is 285 g/mol. The summed E-state index contributed by atoms with van der Waals surface area (Å²) >= 11 is 5.82. The van der Waals surface area contributed by atoms with E-state index in [0.29, 0.717) is 16.4 Å². The molecule has 0 amide bonds. The van der Waals surface area contributed by atoms with Gasteiger partial charge in [0, 0.05) is 12.1 Å². The predicted molar refractivity (Wildman–Crippen MR) is 68.8 cm³/mol. The quantitative estimate of drug-likeness (QED) is 0.855. The molecular weight excluding hydrogens is 274 g/mol. The summed E-state index contributed by atoms with van der Waals surface area (Å²) in [6.07, 6.45) is 1.34. The molecule has 1 aromatic heterocycles. The summed E-state index contributed by atoms with van der Waals surface area (Å²) < 4.78 is 25.5. The topological polar surface area (TPSA) is 64.8 Å². The van der Waals surface area contributed by atoms with E-state index in [1.807, 2.05) is 0 Å². The lowest BCUT2D eigenvalue weighted by atomic mass is 10.2. The molecule has 0 unspecified atom stereocenters. The molecule has 1 heterocycles. The molecule has 1 aromatic carbocycles. The highest BCUT2D eigenvalue weighted by Gasteiger charge is 2.16. The van der Waals surface area contributed by atoms with E-state index in [1.54, 1.807) is 31.3 Å². The maximum Gasteiger partial charge on any atom is 0.161 e. The van der Waals surface area contributed by atoms with Crippen LogP contribution in [0.1, 0.15) is 11.4 Å². The van der Waals surface area contributed by atoms with Gasteiger partial charge in [0.2, 0.25) is 0 Å². The molecule has 0 fully saturated rings. The molecule has 5 nitrogen and oxygen atoms in total. The minimum atomic E-state index is -3.28. The Balaban J connectivity index is 2.15. The van der Waals surface area contributed by atoms with Crippen molar-refractivity contribution in [1.82, 2.24) is 14.8 Å². The molecule has 0 bridgehead atoms. The largest absolute Gasteiger partial charge is 0.252 e. The maximum absolute atomic E-state index is 12.0. The van der Waals surface area contributed by atoms with Gasteiger partial charge in [-0.2, -0.15) is 5.10 Å². The van der Waals surface area contributed by atoms with E-state index in [9.17, 15) is 8.42 Å². The fraction of sp³-hybridized carbons (Fsp3) is 0.273. The van der Waals surface area contributed by atoms with Crippen LogP contribution in [-0.2, 0) is 28.4 Å². The first-order chi connectivity index (χ1) is 8.46. The molecule has 0 aliphatic carbocycles. The van der Waals surface area contributed by atoms with Gasteiger partial charge in [0.1, 0.15) is 17.9 Å². The van der Waals surface area contributed by atoms with E-state index in [4.69, 9.17) is 11.6 Å². The van der Waals surface area contributed by atoms with E-state index in [1.165, 1.54) is 11.0 Å². The molecule has 7 heteroatoms. The Bertz CT molecular complexity index is 652. The Hall–Kier alpha value is -1.40. The van der Waals surface area contributed by atoms with Crippen LogP contribution in [0.4, 0.5) is 0 Å². The third kappa shape index (κ3) is 3.30. The Morgan fingerprint density at radius 3 is 2.72 bits per heavy atom. The van der Waals surface area contributed by atoms with Crippen LogP contribution in [0.15, 0.2) is 30.6 Å². The van der Waals surface area contributed by atoms with Gasteiger partial charge in [-0.25, -0.2) is 13.4 Å². The molecule has 0 atom stereocenters. The zero-order chi connectivity index (χ0) is 13.2. The lowest BCUT2D eigenvalue weighted by molar-refractivity contribution is 0.590. The summed E-state index contributed by atoms with van der Waals surface area (Å²) in [5.41, 5.74) is 0.671. The molecule has 0 spiro atoms. The van der Waals surface area contributed by atoms with Crippen molar-refractivity contribution in [1.29, 1.82) is 0 Å². The summed E-state index contributed by atoms with van der Waals surface area (Å²) in [5, 5.41) is 4.37. The molecule has 18 heavy (non-hydrogen) atoms. The van der Waals surface area contributed by atoms with Crippen molar-refractivity contribution < 1.29 is 8.42 Å². The number of benzene rings is 1. The lowest BCUT2D eigenvalue weighted by Gasteiger charge is -2.04. The molecule has 96 valence electrons. The molecular formula is C11H12ClN3O2S. The Morgan fingerprint density at radius 1 is 1.33 bits per heavy atom. The van der Waals surface area contributed by atoms with Crippen molar-refractivity contribution in [2.24, 2.45) is 7.05 Å². The Morgan fingerprint density at radius 2 is 2.11 bits per heavy atom. The van der Waals surface area contributed by atoms with Crippen molar-refractivity contribution >= 4 is 21.4 Å². The number of hydrogen-bond acceptors (Lipinski definition) is 4. The summed E-state index contributed by atoms with van der Waals surface area (Å²) in [6.45, 7) is 0. The van der Waals surface area contributed by atoms with Crippen LogP contribution in [0.25, 0.3) is 0 Å². The van der Waals surface area contributed by atoms with Crippen molar-refractivity contribution in [2.45, 2.75) is 11.5 Å². The highest BCUT2D eigenvalue weighted by atomic mass is 35.5. The SMILES string of the molecule is Cn1ncnc1CS(=O)(=O)Cc1cccc(Cl)c1. The summed E-state index contributed by atoms with van der Waals surface area (Å²) in [7, 11) is -1.61. The zero-order valence-electron chi connectivity index (χ0n) is 9.75. The van der Waals surface area contributed by atoms with Gasteiger partial charge in [-0.3, -0.25) is 4.68 Å². The summed E-state index contributed by atoms with van der Waals surface area (Å²) in [6, 6.07) is 6.83. The van der Waals surface area contributed by atoms with Crippen molar-refractivity contribution in [3.05, 3.63) is 47.0 Å². The van der Waals surface area contributed by atoms with Crippen LogP contribution < -0.4 is 0 Å². The number of nitrogens with zero attached hydrogens (tertiary/aromatic N) is 3. The number of halogens is 1. The van der Waals surface area contributed by atoms with E-state index in [-0.39, 0.29) is 11.5 Å². The van der Waals surface area contributed by atoms with E-state index in [0.717, 1.165) is 0 Å². The number of hydrogen-bond donors (Lipinski definition) is 0. The Kier molecular flexibility index (Phi) is 3.68. The molecule has 0 radical (unpaired) electrons. The minimum absolute atomic E-state index is 0.0551. The molecule has 0 saturated carbocycles. The number of rotatable bonds is 4. The fourth-order valence-corrected chi connectivity index (χ4v) is 3.24. The molecule has 0 aliphatic heterocycles. The highest BCUT2D eigenvalue weighted by Crippen LogP contribution is 2.15. The third-order valence-electron chi connectivity index (χ3n) is 2.43. The van der Waals surface area contributed by atoms with Gasteiger partial charge in [-0.15, -0.1) is 0 Å². The lowest BCUT2D eigenvalue weighted by Crippen LogP contribution is -2.11. The normalized spacial score (nSPS) is 11.7. The first-order valence-corrected chi connectivity index (χ1v) is 7.44. The van der Waals surface area contributed by atoms with Gasteiger partial charge in [0.25, 0.3) is 0 Å². The smallest absolute Gasteiger partial charge is 0.161 e. The van der Waals surface area contributed by atoms with Gasteiger partial charge in [-0.05, 0) is 17.7 Å². The average molecular weight is 286 g/mol. The minimum Gasteiger partial charge on any atom is -0.252 e. The van der Waals surface area contributed by atoms with E-state index in [2.05, 4.69) is 10.1 Å². The van der Waals surface area contributed by atoms with Crippen LogP contribution in [0.5, 0.6) is 0 Å². The van der Waals surface area contributed by atoms with E-state index < -0.39 is 9.84 Å². The van der Waals surface area contributed by atoms with Gasteiger partial charge in [0.15, 0.2) is 9.84 Å². The average Bonchev–Trinajstić information content (AvgIpc) is 2.62. The second kappa shape index (κ2) is 5.07. The summed E-state index contributed by atoms with van der Waals surface area (Å²) in [5.74, 6) is 0.244. The second-order valence-corrected chi connectivity index (χ2v) is 6.46. The summed E-state index contributed by atoms with van der Waals surface area (Å²) in [4.78, 5) is 3.91. The molecule has 0 saturated heterocycles. The molecule has 2 aromatic rings. The standard InChI is InChI=1S/C11H12ClN3O2S/c1-15-11(13-8-14-15)7-18(16,17)6-9-3-2-4-10(12)5-9/h2-5,8H,6-7H2,1H3. The first kappa shape index (κ1) is 13.0. The van der Waals surface area contributed by atoms with Crippen LogP contribution >= 0.6 is 11.6 Å².